The monoisotopic (exact) mass is 287 g/mol. The van der Waals surface area contributed by atoms with Gasteiger partial charge < -0.3 is 9.73 Å². The second kappa shape index (κ2) is 7.70. The Morgan fingerprint density at radius 2 is 2.16 bits per heavy atom. The first-order valence-electron chi connectivity index (χ1n) is 6.57. The summed E-state index contributed by atoms with van der Waals surface area (Å²) in [6.45, 7) is 1.64. The molecule has 1 aromatic rings. The molecule has 5 heteroatoms. The van der Waals surface area contributed by atoms with Crippen LogP contribution < -0.4 is 5.32 Å². The molecule has 2 rings (SSSR count). The summed E-state index contributed by atoms with van der Waals surface area (Å²) in [4.78, 5) is 0. The summed E-state index contributed by atoms with van der Waals surface area (Å²) in [5.41, 5.74) is 0. The van der Waals surface area contributed by atoms with E-state index in [2.05, 4.69) is 17.5 Å². The Bertz CT molecular complexity index is 406. The molecule has 0 saturated heterocycles. The first-order valence-corrected chi connectivity index (χ1v) is 7.62. The Balaban J connectivity index is 1.66. The Labute approximate surface area is 116 Å². The molecule has 1 aromatic heterocycles. The number of hydrogen-bond acceptors (Lipinski definition) is 3. The largest absolute Gasteiger partial charge is 0.464 e. The lowest BCUT2D eigenvalue weighted by Crippen LogP contribution is -2.22. The van der Waals surface area contributed by atoms with Crippen molar-refractivity contribution >= 4 is 11.8 Å². The van der Waals surface area contributed by atoms with Gasteiger partial charge in [-0.3, -0.25) is 0 Å². The molecule has 0 spiro atoms. The molecule has 0 aliphatic heterocycles. The lowest BCUT2D eigenvalue weighted by Gasteiger charge is -2.17. The molecule has 0 fully saturated rings. The van der Waals surface area contributed by atoms with E-state index in [1.165, 1.54) is 12.8 Å². The van der Waals surface area contributed by atoms with Crippen LogP contribution in [0.25, 0.3) is 0 Å². The van der Waals surface area contributed by atoms with E-state index in [0.29, 0.717) is 30.0 Å². The first kappa shape index (κ1) is 14.6. The molecule has 1 aliphatic rings. The fourth-order valence-corrected chi connectivity index (χ4v) is 2.63. The van der Waals surface area contributed by atoms with Crippen LogP contribution in [-0.4, -0.2) is 12.3 Å². The average molecular weight is 287 g/mol. The van der Waals surface area contributed by atoms with Gasteiger partial charge in [0.25, 0.3) is 5.76 Å². The van der Waals surface area contributed by atoms with Gasteiger partial charge in [-0.25, -0.2) is 0 Å². The van der Waals surface area contributed by atoms with Gasteiger partial charge in [0.15, 0.2) is 0 Å². The smallest absolute Gasteiger partial charge is 0.284 e. The Hall–Kier alpha value is -0.810. The van der Waals surface area contributed by atoms with Crippen LogP contribution >= 0.6 is 11.8 Å². The first-order chi connectivity index (χ1) is 9.24. The van der Waals surface area contributed by atoms with Gasteiger partial charge in [-0.15, -0.1) is 0 Å². The number of thioether (sulfide) groups is 1. The predicted molar refractivity (Wildman–Crippen MR) is 74.2 cm³/mol. The van der Waals surface area contributed by atoms with Crippen LogP contribution in [0.4, 0.5) is 8.78 Å². The van der Waals surface area contributed by atoms with Crippen molar-refractivity contribution < 1.29 is 13.2 Å². The maximum Gasteiger partial charge on any atom is 0.284 e. The maximum atomic E-state index is 12.0. The van der Waals surface area contributed by atoms with Crippen LogP contribution in [0.3, 0.4) is 0 Å². The van der Waals surface area contributed by atoms with Crippen molar-refractivity contribution in [2.24, 2.45) is 5.92 Å². The topological polar surface area (TPSA) is 25.2 Å². The Morgan fingerprint density at radius 3 is 2.89 bits per heavy atom. The summed E-state index contributed by atoms with van der Waals surface area (Å²) < 4.78 is 29.6. The van der Waals surface area contributed by atoms with Gasteiger partial charge in [-0.05, 0) is 43.9 Å². The molecule has 2 nitrogen and oxygen atoms in total. The highest BCUT2D eigenvalue weighted by molar-refractivity contribution is 7.98. The number of hydrogen-bond donors (Lipinski definition) is 1. The molecule has 0 saturated carbocycles. The Kier molecular flexibility index (Phi) is 5.92. The van der Waals surface area contributed by atoms with E-state index in [4.69, 9.17) is 4.42 Å². The molecule has 0 amide bonds. The van der Waals surface area contributed by atoms with Crippen molar-refractivity contribution in [2.75, 3.05) is 6.54 Å². The van der Waals surface area contributed by atoms with Crippen LogP contribution in [0.15, 0.2) is 28.7 Å². The van der Waals surface area contributed by atoms with E-state index >= 15 is 0 Å². The summed E-state index contributed by atoms with van der Waals surface area (Å²) in [5.74, 6) is 0.0178. The molecule has 1 atom stereocenters. The summed E-state index contributed by atoms with van der Waals surface area (Å²) >= 11 is 0.589. The molecule has 1 aliphatic carbocycles. The third-order valence-corrected chi connectivity index (χ3v) is 3.88. The molecule has 106 valence electrons. The normalized spacial score (nSPS) is 19.2. The second-order valence-corrected chi connectivity index (χ2v) is 5.70. The van der Waals surface area contributed by atoms with Crippen molar-refractivity contribution in [3.63, 3.8) is 0 Å². The van der Waals surface area contributed by atoms with Crippen molar-refractivity contribution in [3.8, 4) is 0 Å². The zero-order valence-corrected chi connectivity index (χ0v) is 11.6. The van der Waals surface area contributed by atoms with Gasteiger partial charge in [-0.1, -0.05) is 23.9 Å². The van der Waals surface area contributed by atoms with Crippen LogP contribution in [0, 0.1) is 5.92 Å². The van der Waals surface area contributed by atoms with E-state index in [1.54, 1.807) is 6.07 Å². The number of allylic oxidation sites excluding steroid dienone is 2. The van der Waals surface area contributed by atoms with Crippen LogP contribution in [0.1, 0.15) is 30.8 Å². The van der Waals surface area contributed by atoms with E-state index in [1.807, 2.05) is 6.07 Å². The zero-order valence-electron chi connectivity index (χ0n) is 10.8. The number of furan rings is 1. The van der Waals surface area contributed by atoms with E-state index in [-0.39, 0.29) is 5.75 Å². The summed E-state index contributed by atoms with van der Waals surface area (Å²) in [6, 6.07) is 3.63. The van der Waals surface area contributed by atoms with Crippen molar-refractivity contribution in [1.82, 2.24) is 5.32 Å². The third kappa shape index (κ3) is 5.37. The van der Waals surface area contributed by atoms with Crippen molar-refractivity contribution in [1.29, 1.82) is 0 Å². The fraction of sp³-hybridized carbons (Fsp3) is 0.571. The lowest BCUT2D eigenvalue weighted by atomic mass is 9.94. The summed E-state index contributed by atoms with van der Waals surface area (Å²) in [5, 5.41) is 3.37. The molecule has 1 unspecified atom stereocenters. The molecule has 19 heavy (non-hydrogen) atoms. The fourth-order valence-electron chi connectivity index (χ4n) is 2.18. The summed E-state index contributed by atoms with van der Waals surface area (Å²) in [7, 11) is 0. The van der Waals surface area contributed by atoms with Crippen molar-refractivity contribution in [3.05, 3.63) is 35.8 Å². The Morgan fingerprint density at radius 1 is 1.32 bits per heavy atom. The van der Waals surface area contributed by atoms with Crippen LogP contribution in [0.5, 0.6) is 0 Å². The minimum Gasteiger partial charge on any atom is -0.464 e. The van der Waals surface area contributed by atoms with E-state index in [9.17, 15) is 8.78 Å². The van der Waals surface area contributed by atoms with E-state index in [0.717, 1.165) is 18.7 Å². The third-order valence-electron chi connectivity index (χ3n) is 3.18. The highest BCUT2D eigenvalue weighted by Gasteiger charge is 2.10. The van der Waals surface area contributed by atoms with Crippen LogP contribution in [0.2, 0.25) is 0 Å². The quantitative estimate of drug-likeness (QED) is 0.762. The number of rotatable bonds is 7. The SMILES string of the molecule is FC(F)SCc1ccc(CNCC2CC=CCC2)o1. The standard InChI is InChI=1S/C14H19F2NOS/c15-14(16)19-10-13-7-6-12(18-13)9-17-8-11-4-2-1-3-5-11/h1-2,6-7,11,14,17H,3-5,8-10H2. The van der Waals surface area contributed by atoms with Gasteiger partial charge >= 0.3 is 0 Å². The zero-order chi connectivity index (χ0) is 13.5. The van der Waals surface area contributed by atoms with Crippen LogP contribution in [-0.2, 0) is 12.3 Å². The molecule has 0 bridgehead atoms. The van der Waals surface area contributed by atoms with Gasteiger partial charge in [0, 0.05) is 0 Å². The molecule has 1 heterocycles. The molecule has 0 aromatic carbocycles. The minimum absolute atomic E-state index is 0.227. The maximum absolute atomic E-state index is 12.0. The average Bonchev–Trinajstić information content (AvgIpc) is 2.86. The van der Waals surface area contributed by atoms with E-state index < -0.39 is 5.76 Å². The number of nitrogens with one attached hydrogen (secondary N) is 1. The predicted octanol–water partition coefficient (Wildman–Crippen LogP) is 4.18. The lowest BCUT2D eigenvalue weighted by molar-refractivity contribution is 0.251. The van der Waals surface area contributed by atoms with Gasteiger partial charge in [-0.2, -0.15) is 8.78 Å². The highest BCUT2D eigenvalue weighted by Crippen LogP contribution is 2.21. The molecule has 1 N–H and O–H groups in total. The molecule has 0 radical (unpaired) electrons. The molecular formula is C14H19F2NOS. The number of halogens is 2. The summed E-state index contributed by atoms with van der Waals surface area (Å²) in [6.07, 6.45) is 8.01. The molecular weight excluding hydrogens is 268 g/mol. The highest BCUT2D eigenvalue weighted by atomic mass is 32.2. The van der Waals surface area contributed by atoms with Crippen molar-refractivity contribution in [2.45, 2.75) is 37.3 Å². The minimum atomic E-state index is -2.34. The number of alkyl halides is 2. The second-order valence-electron chi connectivity index (χ2n) is 4.72. The van der Waals surface area contributed by atoms with Gasteiger partial charge in [0.1, 0.15) is 11.5 Å². The van der Waals surface area contributed by atoms with Gasteiger partial charge in [0.2, 0.25) is 0 Å². The van der Waals surface area contributed by atoms with Gasteiger partial charge in [0.05, 0.1) is 12.3 Å².